The Balaban J connectivity index is 1.67. The molecule has 2 N–H and O–H groups in total. The largest absolute Gasteiger partial charge is 0.493 e. The van der Waals surface area contributed by atoms with Crippen molar-refractivity contribution in [1.82, 2.24) is 5.32 Å². The third-order valence-electron chi connectivity index (χ3n) is 3.77. The summed E-state index contributed by atoms with van der Waals surface area (Å²) in [5.74, 6) is -0.00937. The molecule has 1 aliphatic rings. The summed E-state index contributed by atoms with van der Waals surface area (Å²) in [7, 11) is 1.34. The van der Waals surface area contributed by atoms with Gasteiger partial charge in [0.1, 0.15) is 0 Å². The number of rotatable bonds is 6. The second-order valence-electron chi connectivity index (χ2n) is 5.59. The topological polar surface area (TPSA) is 76.7 Å². The highest BCUT2D eigenvalue weighted by Crippen LogP contribution is 2.32. The summed E-state index contributed by atoms with van der Waals surface area (Å²) in [6, 6.07) is 9.52. The average Bonchev–Trinajstić information content (AvgIpc) is 2.65. The number of amides is 2. The van der Waals surface area contributed by atoms with Crippen LogP contribution in [0.25, 0.3) is 0 Å². The van der Waals surface area contributed by atoms with Gasteiger partial charge in [-0.25, -0.2) is 0 Å². The van der Waals surface area contributed by atoms with Crippen molar-refractivity contribution in [3.8, 4) is 11.5 Å². The van der Waals surface area contributed by atoms with Gasteiger partial charge < -0.3 is 20.1 Å². The molecular formula is C18H16F2N2O4S. The van der Waals surface area contributed by atoms with Gasteiger partial charge in [0.15, 0.2) is 11.5 Å². The Morgan fingerprint density at radius 3 is 2.81 bits per heavy atom. The Kier molecular flexibility index (Phi) is 5.80. The average molecular weight is 394 g/mol. The molecule has 0 spiro atoms. The van der Waals surface area contributed by atoms with Crippen LogP contribution in [0.5, 0.6) is 11.5 Å². The first-order valence-corrected chi connectivity index (χ1v) is 8.91. The van der Waals surface area contributed by atoms with Gasteiger partial charge in [0.2, 0.25) is 5.91 Å². The molecule has 0 aromatic heterocycles. The molecule has 1 heterocycles. The van der Waals surface area contributed by atoms with Crippen molar-refractivity contribution in [3.63, 3.8) is 0 Å². The van der Waals surface area contributed by atoms with E-state index in [1.54, 1.807) is 24.3 Å². The highest BCUT2D eigenvalue weighted by Gasteiger charge is 2.17. The fourth-order valence-electron chi connectivity index (χ4n) is 2.52. The van der Waals surface area contributed by atoms with Crippen LogP contribution in [0.4, 0.5) is 14.5 Å². The van der Waals surface area contributed by atoms with Gasteiger partial charge in [0.05, 0.1) is 18.6 Å². The van der Waals surface area contributed by atoms with Crippen molar-refractivity contribution in [1.29, 1.82) is 0 Å². The maximum Gasteiger partial charge on any atom is 0.387 e. The van der Waals surface area contributed by atoms with Gasteiger partial charge in [-0.1, -0.05) is 6.07 Å². The summed E-state index contributed by atoms with van der Waals surface area (Å²) in [6.45, 7) is -2.78. The number of hydrogen-bond acceptors (Lipinski definition) is 5. The van der Waals surface area contributed by atoms with E-state index in [2.05, 4.69) is 15.4 Å². The number of benzene rings is 2. The minimum absolute atomic E-state index is 0.0782. The monoisotopic (exact) mass is 394 g/mol. The molecule has 0 unspecified atom stereocenters. The Bertz CT molecular complexity index is 876. The molecule has 1 aliphatic heterocycles. The molecular weight excluding hydrogens is 378 g/mol. The number of ether oxygens (including phenoxy) is 2. The second kappa shape index (κ2) is 8.26. The van der Waals surface area contributed by atoms with Gasteiger partial charge in [-0.2, -0.15) is 8.78 Å². The SMILES string of the molecule is COc1cc(CNC(=O)c2ccc3c(c2)NC(=O)CS3)ccc1OC(F)F. The number of methoxy groups -OCH3 is 1. The van der Waals surface area contributed by atoms with Crippen LogP contribution in [-0.2, 0) is 11.3 Å². The predicted octanol–water partition coefficient (Wildman–Crippen LogP) is 3.27. The van der Waals surface area contributed by atoms with Crippen molar-refractivity contribution in [3.05, 3.63) is 47.5 Å². The second-order valence-corrected chi connectivity index (χ2v) is 6.61. The fraction of sp³-hybridized carbons (Fsp3) is 0.222. The number of anilines is 1. The lowest BCUT2D eigenvalue weighted by atomic mass is 10.1. The van der Waals surface area contributed by atoms with Crippen LogP contribution in [0.1, 0.15) is 15.9 Å². The third kappa shape index (κ3) is 4.68. The minimum atomic E-state index is -2.95. The number of thioether (sulfide) groups is 1. The lowest BCUT2D eigenvalue weighted by Gasteiger charge is -2.17. The first kappa shape index (κ1) is 19.0. The maximum atomic E-state index is 12.4. The van der Waals surface area contributed by atoms with Crippen molar-refractivity contribution in [2.75, 3.05) is 18.2 Å². The van der Waals surface area contributed by atoms with E-state index in [0.717, 1.165) is 4.90 Å². The van der Waals surface area contributed by atoms with Crippen LogP contribution >= 0.6 is 11.8 Å². The standard InChI is InChI=1S/C18H16F2N2O4S/c1-25-14-6-10(2-4-13(14)26-18(19)20)8-21-17(24)11-3-5-15-12(7-11)22-16(23)9-27-15/h2-7,18H,8-9H2,1H3,(H,21,24)(H,22,23). The molecule has 0 atom stereocenters. The first-order valence-electron chi connectivity index (χ1n) is 7.93. The molecule has 0 bridgehead atoms. The highest BCUT2D eigenvalue weighted by atomic mass is 32.2. The molecule has 0 fully saturated rings. The molecule has 9 heteroatoms. The molecule has 27 heavy (non-hydrogen) atoms. The zero-order valence-electron chi connectivity index (χ0n) is 14.3. The molecule has 0 aliphatic carbocycles. The van der Waals surface area contributed by atoms with Gasteiger partial charge in [0.25, 0.3) is 5.91 Å². The molecule has 2 aromatic rings. The summed E-state index contributed by atoms with van der Waals surface area (Å²) < 4.78 is 34.1. The third-order valence-corrected chi connectivity index (χ3v) is 4.85. The van der Waals surface area contributed by atoms with E-state index in [0.29, 0.717) is 22.6 Å². The Morgan fingerprint density at radius 1 is 1.26 bits per heavy atom. The summed E-state index contributed by atoms with van der Waals surface area (Å²) >= 11 is 1.41. The number of carbonyl (C=O) groups excluding carboxylic acids is 2. The van der Waals surface area contributed by atoms with Crippen LogP contribution in [0.15, 0.2) is 41.3 Å². The van der Waals surface area contributed by atoms with Crippen LogP contribution in [0.2, 0.25) is 0 Å². The van der Waals surface area contributed by atoms with Crippen molar-refractivity contribution < 1.29 is 27.8 Å². The Hall–Kier alpha value is -2.81. The molecule has 0 saturated heterocycles. The lowest BCUT2D eigenvalue weighted by Crippen LogP contribution is -2.24. The molecule has 6 nitrogen and oxygen atoms in total. The summed E-state index contributed by atoms with van der Waals surface area (Å²) in [5.41, 5.74) is 1.67. The molecule has 2 aromatic carbocycles. The van der Waals surface area contributed by atoms with E-state index < -0.39 is 6.61 Å². The number of halogens is 2. The highest BCUT2D eigenvalue weighted by molar-refractivity contribution is 8.00. The smallest absolute Gasteiger partial charge is 0.387 e. The summed E-state index contributed by atoms with van der Waals surface area (Å²) in [5, 5.41) is 5.48. The van der Waals surface area contributed by atoms with E-state index in [4.69, 9.17) is 4.74 Å². The van der Waals surface area contributed by atoms with Gasteiger partial charge >= 0.3 is 6.61 Å². The van der Waals surface area contributed by atoms with Crippen molar-refractivity contribution >= 4 is 29.3 Å². The number of alkyl halides is 2. The Morgan fingerprint density at radius 2 is 2.07 bits per heavy atom. The van der Waals surface area contributed by atoms with E-state index >= 15 is 0 Å². The van der Waals surface area contributed by atoms with E-state index in [9.17, 15) is 18.4 Å². The van der Waals surface area contributed by atoms with Gasteiger partial charge in [-0.15, -0.1) is 11.8 Å². The molecule has 3 rings (SSSR count). The van der Waals surface area contributed by atoms with Gasteiger partial charge in [0, 0.05) is 17.0 Å². The number of carbonyl (C=O) groups is 2. The van der Waals surface area contributed by atoms with Crippen molar-refractivity contribution in [2.24, 2.45) is 0 Å². The lowest BCUT2D eigenvalue weighted by molar-refractivity contribution is -0.113. The number of hydrogen-bond donors (Lipinski definition) is 2. The van der Waals surface area contributed by atoms with Crippen LogP contribution in [0.3, 0.4) is 0 Å². The number of nitrogens with one attached hydrogen (secondary N) is 2. The Labute approximate surface area is 158 Å². The van der Waals surface area contributed by atoms with Crippen LogP contribution in [0, 0.1) is 0 Å². The van der Waals surface area contributed by atoms with Crippen LogP contribution in [-0.4, -0.2) is 31.3 Å². The van der Waals surface area contributed by atoms with E-state index in [-0.39, 0.29) is 29.9 Å². The first-order chi connectivity index (χ1) is 13.0. The fourth-order valence-corrected chi connectivity index (χ4v) is 3.31. The van der Waals surface area contributed by atoms with Gasteiger partial charge in [-0.05, 0) is 35.9 Å². The van der Waals surface area contributed by atoms with Crippen molar-refractivity contribution in [2.45, 2.75) is 18.1 Å². The minimum Gasteiger partial charge on any atom is -0.493 e. The summed E-state index contributed by atoms with van der Waals surface area (Å²) in [6.07, 6.45) is 0. The molecule has 0 radical (unpaired) electrons. The molecule has 2 amide bonds. The maximum absolute atomic E-state index is 12.4. The zero-order valence-corrected chi connectivity index (χ0v) is 15.1. The number of fused-ring (bicyclic) bond motifs is 1. The van der Waals surface area contributed by atoms with E-state index in [1.165, 1.54) is 31.0 Å². The normalized spacial score (nSPS) is 13.0. The quantitative estimate of drug-likeness (QED) is 0.787. The molecule has 0 saturated carbocycles. The van der Waals surface area contributed by atoms with Crippen LogP contribution < -0.4 is 20.1 Å². The molecule has 142 valence electrons. The zero-order chi connectivity index (χ0) is 19.4. The van der Waals surface area contributed by atoms with Gasteiger partial charge in [-0.3, -0.25) is 9.59 Å². The summed E-state index contributed by atoms with van der Waals surface area (Å²) in [4.78, 5) is 24.7. The van der Waals surface area contributed by atoms with E-state index in [1.807, 2.05) is 0 Å². The predicted molar refractivity (Wildman–Crippen MR) is 96.6 cm³/mol.